The number of ether oxygens (including phenoxy) is 3. The van der Waals surface area contributed by atoms with Gasteiger partial charge in [-0.15, -0.1) is 0 Å². The molecule has 0 bridgehead atoms. The second kappa shape index (κ2) is 7.79. The summed E-state index contributed by atoms with van der Waals surface area (Å²) in [4.78, 5) is 21.7. The standard InChI is InChI=1S/C16H15NO6/c1-21-15-5-3-2-4-12(15)10-23-16(18)11-22-14-8-6-13(7-9-14)17(19)20/h2-9H,10-11H2,1H3. The van der Waals surface area contributed by atoms with Crippen molar-refractivity contribution in [1.82, 2.24) is 0 Å². The first-order chi connectivity index (χ1) is 11.1. The van der Waals surface area contributed by atoms with Gasteiger partial charge in [0.05, 0.1) is 12.0 Å². The minimum atomic E-state index is -0.547. The largest absolute Gasteiger partial charge is 0.496 e. The predicted molar refractivity (Wildman–Crippen MR) is 81.4 cm³/mol. The van der Waals surface area contributed by atoms with Crippen LogP contribution in [-0.2, 0) is 16.1 Å². The summed E-state index contributed by atoms with van der Waals surface area (Å²) in [6.07, 6.45) is 0. The second-order valence-corrected chi connectivity index (χ2v) is 4.51. The molecule has 0 unspecified atom stereocenters. The third-order valence-electron chi connectivity index (χ3n) is 2.99. The molecular weight excluding hydrogens is 302 g/mol. The third kappa shape index (κ3) is 4.70. The maximum absolute atomic E-state index is 11.7. The van der Waals surface area contributed by atoms with E-state index in [9.17, 15) is 14.9 Å². The molecule has 0 aliphatic carbocycles. The Hall–Kier alpha value is -3.09. The number of rotatable bonds is 7. The van der Waals surface area contributed by atoms with E-state index in [4.69, 9.17) is 14.2 Å². The zero-order valence-electron chi connectivity index (χ0n) is 12.4. The predicted octanol–water partition coefficient (Wildman–Crippen LogP) is 2.73. The Bertz CT molecular complexity index is 683. The Labute approximate surface area is 132 Å². The topological polar surface area (TPSA) is 87.9 Å². The molecule has 0 aliphatic heterocycles. The van der Waals surface area contributed by atoms with Crippen molar-refractivity contribution in [1.29, 1.82) is 0 Å². The lowest BCUT2D eigenvalue weighted by Gasteiger charge is -2.09. The Morgan fingerprint density at radius 1 is 1.13 bits per heavy atom. The quantitative estimate of drug-likeness (QED) is 0.443. The minimum absolute atomic E-state index is 0.0453. The first-order valence-electron chi connectivity index (χ1n) is 6.75. The van der Waals surface area contributed by atoms with Crippen LogP contribution in [0.15, 0.2) is 48.5 Å². The smallest absolute Gasteiger partial charge is 0.344 e. The van der Waals surface area contributed by atoms with Crippen LogP contribution in [-0.4, -0.2) is 24.6 Å². The molecule has 0 spiro atoms. The van der Waals surface area contributed by atoms with Crippen molar-refractivity contribution in [3.05, 3.63) is 64.2 Å². The molecule has 0 aromatic heterocycles. The summed E-state index contributed by atoms with van der Waals surface area (Å²) < 4.78 is 15.5. The first-order valence-corrected chi connectivity index (χ1v) is 6.75. The number of esters is 1. The van der Waals surface area contributed by atoms with Crippen LogP contribution in [0.4, 0.5) is 5.69 Å². The third-order valence-corrected chi connectivity index (χ3v) is 2.99. The molecule has 0 N–H and O–H groups in total. The van der Waals surface area contributed by atoms with Gasteiger partial charge in [-0.25, -0.2) is 4.79 Å². The Morgan fingerprint density at radius 2 is 1.83 bits per heavy atom. The molecule has 23 heavy (non-hydrogen) atoms. The molecule has 0 saturated carbocycles. The van der Waals surface area contributed by atoms with Crippen LogP contribution in [0.25, 0.3) is 0 Å². The molecule has 0 atom stereocenters. The van der Waals surface area contributed by atoms with Gasteiger partial charge in [0.2, 0.25) is 0 Å². The summed E-state index contributed by atoms with van der Waals surface area (Å²) in [5.74, 6) is 0.440. The number of methoxy groups -OCH3 is 1. The Kier molecular flexibility index (Phi) is 5.51. The average Bonchev–Trinajstić information content (AvgIpc) is 2.58. The van der Waals surface area contributed by atoms with E-state index in [1.807, 2.05) is 12.1 Å². The van der Waals surface area contributed by atoms with Crippen molar-refractivity contribution in [3.63, 3.8) is 0 Å². The zero-order chi connectivity index (χ0) is 16.7. The molecule has 7 nitrogen and oxygen atoms in total. The number of nitrogens with zero attached hydrogens (tertiary/aromatic N) is 1. The number of nitro benzene ring substituents is 1. The van der Waals surface area contributed by atoms with Crippen LogP contribution in [0, 0.1) is 10.1 Å². The summed E-state index contributed by atoms with van der Waals surface area (Å²) in [5.41, 5.74) is 0.704. The summed E-state index contributed by atoms with van der Waals surface area (Å²) in [6, 6.07) is 12.7. The molecule has 0 aliphatic rings. The van der Waals surface area contributed by atoms with E-state index in [0.29, 0.717) is 11.5 Å². The summed E-state index contributed by atoms with van der Waals surface area (Å²) in [5, 5.41) is 10.5. The number of non-ortho nitro benzene ring substituents is 1. The number of carbonyl (C=O) groups is 1. The number of hydrogen-bond acceptors (Lipinski definition) is 6. The fraction of sp³-hybridized carbons (Fsp3) is 0.188. The molecule has 2 rings (SSSR count). The fourth-order valence-corrected chi connectivity index (χ4v) is 1.83. The van der Waals surface area contributed by atoms with Crippen LogP contribution >= 0.6 is 0 Å². The summed E-state index contributed by atoms with van der Waals surface area (Å²) >= 11 is 0. The normalized spacial score (nSPS) is 9.96. The van der Waals surface area contributed by atoms with Gasteiger partial charge in [-0.05, 0) is 18.2 Å². The van der Waals surface area contributed by atoms with E-state index in [0.717, 1.165) is 5.56 Å². The lowest BCUT2D eigenvalue weighted by atomic mass is 10.2. The highest BCUT2D eigenvalue weighted by Crippen LogP contribution is 2.19. The number of nitro groups is 1. The zero-order valence-corrected chi connectivity index (χ0v) is 12.4. The van der Waals surface area contributed by atoms with Gasteiger partial charge in [0.1, 0.15) is 18.1 Å². The molecule has 0 heterocycles. The molecule has 2 aromatic carbocycles. The molecular formula is C16H15NO6. The Balaban J connectivity index is 1.82. The van der Waals surface area contributed by atoms with Gasteiger partial charge in [-0.2, -0.15) is 0 Å². The number of hydrogen-bond donors (Lipinski definition) is 0. The molecule has 0 fully saturated rings. The van der Waals surface area contributed by atoms with Crippen molar-refractivity contribution in [2.75, 3.05) is 13.7 Å². The molecule has 120 valence electrons. The monoisotopic (exact) mass is 317 g/mol. The fourth-order valence-electron chi connectivity index (χ4n) is 1.83. The molecule has 0 radical (unpaired) electrons. The van der Waals surface area contributed by atoms with Crippen LogP contribution in [0.3, 0.4) is 0 Å². The van der Waals surface area contributed by atoms with Gasteiger partial charge >= 0.3 is 5.97 Å². The number of para-hydroxylation sites is 1. The highest BCUT2D eigenvalue weighted by Gasteiger charge is 2.09. The van der Waals surface area contributed by atoms with Crippen molar-refractivity contribution < 1.29 is 23.9 Å². The highest BCUT2D eigenvalue weighted by atomic mass is 16.6. The maximum Gasteiger partial charge on any atom is 0.344 e. The van der Waals surface area contributed by atoms with E-state index in [-0.39, 0.29) is 18.9 Å². The van der Waals surface area contributed by atoms with Gasteiger partial charge in [-0.1, -0.05) is 18.2 Å². The first kappa shape index (κ1) is 16.3. The molecule has 0 amide bonds. The van der Waals surface area contributed by atoms with Gasteiger partial charge in [-0.3, -0.25) is 10.1 Å². The van der Waals surface area contributed by atoms with Crippen LogP contribution in [0.1, 0.15) is 5.56 Å². The molecule has 7 heteroatoms. The SMILES string of the molecule is COc1ccccc1COC(=O)COc1ccc([N+](=O)[O-])cc1. The van der Waals surface area contributed by atoms with Gasteiger partial charge in [0.25, 0.3) is 5.69 Å². The van der Waals surface area contributed by atoms with Crippen molar-refractivity contribution in [3.8, 4) is 11.5 Å². The van der Waals surface area contributed by atoms with Crippen LogP contribution < -0.4 is 9.47 Å². The van der Waals surface area contributed by atoms with Crippen molar-refractivity contribution in [2.45, 2.75) is 6.61 Å². The van der Waals surface area contributed by atoms with Gasteiger partial charge < -0.3 is 14.2 Å². The van der Waals surface area contributed by atoms with Gasteiger partial charge in [0.15, 0.2) is 6.61 Å². The van der Waals surface area contributed by atoms with Crippen molar-refractivity contribution in [2.24, 2.45) is 0 Å². The van der Waals surface area contributed by atoms with E-state index in [2.05, 4.69) is 0 Å². The molecule has 2 aromatic rings. The van der Waals surface area contributed by atoms with E-state index < -0.39 is 10.9 Å². The van der Waals surface area contributed by atoms with Crippen molar-refractivity contribution >= 4 is 11.7 Å². The van der Waals surface area contributed by atoms with E-state index >= 15 is 0 Å². The van der Waals surface area contributed by atoms with Gasteiger partial charge in [0, 0.05) is 17.7 Å². The highest BCUT2D eigenvalue weighted by molar-refractivity contribution is 5.71. The lowest BCUT2D eigenvalue weighted by Crippen LogP contribution is -2.15. The molecule has 0 saturated heterocycles. The van der Waals surface area contributed by atoms with Crippen LogP contribution in [0.5, 0.6) is 11.5 Å². The maximum atomic E-state index is 11.7. The van der Waals surface area contributed by atoms with E-state index in [1.165, 1.54) is 24.3 Å². The van der Waals surface area contributed by atoms with Crippen LogP contribution in [0.2, 0.25) is 0 Å². The minimum Gasteiger partial charge on any atom is -0.496 e. The number of benzene rings is 2. The lowest BCUT2D eigenvalue weighted by molar-refractivity contribution is -0.384. The average molecular weight is 317 g/mol. The van der Waals surface area contributed by atoms with E-state index in [1.54, 1.807) is 19.2 Å². The number of carbonyl (C=O) groups excluding carboxylic acids is 1. The summed E-state index contributed by atoms with van der Waals surface area (Å²) in [7, 11) is 1.54. The summed E-state index contributed by atoms with van der Waals surface area (Å²) in [6.45, 7) is -0.209. The second-order valence-electron chi connectivity index (χ2n) is 4.51. The Morgan fingerprint density at radius 3 is 2.48 bits per heavy atom.